The van der Waals surface area contributed by atoms with Gasteiger partial charge >= 0.3 is 0 Å². The van der Waals surface area contributed by atoms with E-state index in [0.717, 1.165) is 25.4 Å². The van der Waals surface area contributed by atoms with Crippen LogP contribution in [0.2, 0.25) is 5.02 Å². The lowest BCUT2D eigenvalue weighted by atomic mass is 9.95. The van der Waals surface area contributed by atoms with Crippen molar-refractivity contribution in [1.29, 1.82) is 0 Å². The Morgan fingerprint density at radius 2 is 2.24 bits per heavy atom. The molecule has 2 heterocycles. The maximum absolute atomic E-state index is 5.97. The molecule has 3 N–H and O–H groups in total. The van der Waals surface area contributed by atoms with E-state index in [1.165, 1.54) is 12.8 Å². The van der Waals surface area contributed by atoms with E-state index in [0.29, 0.717) is 23.2 Å². The van der Waals surface area contributed by atoms with Gasteiger partial charge in [0, 0.05) is 0 Å². The fourth-order valence-electron chi connectivity index (χ4n) is 2.04. The van der Waals surface area contributed by atoms with Crippen LogP contribution in [0, 0.1) is 5.92 Å². The molecule has 2 rings (SSSR count). The van der Waals surface area contributed by atoms with Crippen molar-refractivity contribution in [3.05, 3.63) is 17.3 Å². The van der Waals surface area contributed by atoms with Gasteiger partial charge in [-0.15, -0.1) is 0 Å². The number of halogens is 1. The molecule has 1 aromatic heterocycles. The van der Waals surface area contributed by atoms with Crippen molar-refractivity contribution in [1.82, 2.24) is 10.3 Å². The molecular weight excluding hydrogens is 238 g/mol. The number of nitrogen functional groups attached to an aromatic ring is 1. The summed E-state index contributed by atoms with van der Waals surface area (Å²) in [6.45, 7) is 2.90. The Morgan fingerprint density at radius 3 is 2.94 bits per heavy atom. The number of aromatic nitrogens is 1. The molecule has 4 nitrogen and oxygen atoms in total. The molecule has 0 aliphatic carbocycles. The highest BCUT2D eigenvalue weighted by atomic mass is 35.5. The average Bonchev–Trinajstić information content (AvgIpc) is 2.33. The Morgan fingerprint density at radius 1 is 1.47 bits per heavy atom. The minimum atomic E-state index is 0.481. The van der Waals surface area contributed by atoms with E-state index in [4.69, 9.17) is 22.1 Å². The highest BCUT2D eigenvalue weighted by Crippen LogP contribution is 2.24. The monoisotopic (exact) mass is 255 g/mol. The van der Waals surface area contributed by atoms with Crippen molar-refractivity contribution >= 4 is 17.3 Å². The van der Waals surface area contributed by atoms with E-state index in [1.54, 1.807) is 12.3 Å². The first-order valence-electron chi connectivity index (χ1n) is 6.00. The van der Waals surface area contributed by atoms with Crippen LogP contribution in [-0.4, -0.2) is 24.7 Å². The number of pyridine rings is 1. The average molecular weight is 256 g/mol. The summed E-state index contributed by atoms with van der Waals surface area (Å²) < 4.78 is 5.58. The van der Waals surface area contributed by atoms with E-state index in [2.05, 4.69) is 10.3 Å². The molecular formula is C12H18ClN3O. The third-order valence-corrected chi connectivity index (χ3v) is 3.32. The number of hydrogen-bond donors (Lipinski definition) is 2. The Bertz CT molecular complexity index is 367. The first kappa shape index (κ1) is 12.5. The van der Waals surface area contributed by atoms with Gasteiger partial charge in [0.1, 0.15) is 5.02 Å². The number of nitrogens with one attached hydrogen (secondary N) is 1. The predicted molar refractivity (Wildman–Crippen MR) is 69.4 cm³/mol. The standard InChI is InChI=1S/C12H18ClN3O/c13-11-7-10(14)8-16-12(11)17-6-3-9-1-4-15-5-2-9/h7-9,15H,1-6,14H2. The van der Waals surface area contributed by atoms with Gasteiger partial charge < -0.3 is 15.8 Å². The van der Waals surface area contributed by atoms with E-state index in [-0.39, 0.29) is 0 Å². The number of nitrogens with zero attached hydrogens (tertiary/aromatic N) is 1. The van der Waals surface area contributed by atoms with Crippen LogP contribution < -0.4 is 15.8 Å². The molecule has 1 aromatic rings. The number of rotatable bonds is 4. The van der Waals surface area contributed by atoms with Crippen molar-refractivity contribution in [2.24, 2.45) is 5.92 Å². The molecule has 5 heteroatoms. The van der Waals surface area contributed by atoms with Crippen molar-refractivity contribution < 1.29 is 4.74 Å². The first-order valence-corrected chi connectivity index (χ1v) is 6.38. The summed E-state index contributed by atoms with van der Waals surface area (Å²) in [6, 6.07) is 1.66. The highest BCUT2D eigenvalue weighted by Gasteiger charge is 2.13. The molecule has 1 aliphatic heterocycles. The minimum absolute atomic E-state index is 0.481. The van der Waals surface area contributed by atoms with Gasteiger partial charge in [0.25, 0.3) is 0 Å². The van der Waals surface area contributed by atoms with E-state index < -0.39 is 0 Å². The molecule has 0 bridgehead atoms. The first-order chi connectivity index (χ1) is 8.25. The van der Waals surface area contributed by atoms with Gasteiger partial charge in [-0.1, -0.05) is 11.6 Å². The quantitative estimate of drug-likeness (QED) is 0.865. The van der Waals surface area contributed by atoms with Gasteiger partial charge in [0.15, 0.2) is 0 Å². The van der Waals surface area contributed by atoms with E-state index in [9.17, 15) is 0 Å². The van der Waals surface area contributed by atoms with Gasteiger partial charge in [-0.25, -0.2) is 4.98 Å². The molecule has 0 spiro atoms. The van der Waals surface area contributed by atoms with Gasteiger partial charge in [0.05, 0.1) is 18.5 Å². The summed E-state index contributed by atoms with van der Waals surface area (Å²) in [5, 5.41) is 3.83. The Labute approximate surface area is 107 Å². The summed E-state index contributed by atoms with van der Waals surface area (Å²) in [4.78, 5) is 4.07. The maximum Gasteiger partial charge on any atom is 0.232 e. The van der Waals surface area contributed by atoms with Crippen LogP contribution in [0.25, 0.3) is 0 Å². The Hall–Kier alpha value is -1.00. The van der Waals surface area contributed by atoms with E-state index in [1.807, 2.05) is 0 Å². The molecule has 94 valence electrons. The van der Waals surface area contributed by atoms with Crippen LogP contribution in [-0.2, 0) is 0 Å². The molecule has 0 saturated carbocycles. The molecule has 1 saturated heterocycles. The lowest BCUT2D eigenvalue weighted by Crippen LogP contribution is -2.28. The molecule has 1 aliphatic rings. The zero-order valence-corrected chi connectivity index (χ0v) is 10.5. The third-order valence-electron chi connectivity index (χ3n) is 3.05. The summed E-state index contributed by atoms with van der Waals surface area (Å²) in [7, 11) is 0. The molecule has 0 radical (unpaired) electrons. The second-order valence-corrected chi connectivity index (χ2v) is 4.79. The summed E-state index contributed by atoms with van der Waals surface area (Å²) in [5.74, 6) is 1.23. The van der Waals surface area contributed by atoms with Gasteiger partial charge in [0.2, 0.25) is 5.88 Å². The lowest BCUT2D eigenvalue weighted by Gasteiger charge is -2.22. The summed E-state index contributed by atoms with van der Waals surface area (Å²) in [6.07, 6.45) is 5.08. The summed E-state index contributed by atoms with van der Waals surface area (Å²) in [5.41, 5.74) is 6.12. The topological polar surface area (TPSA) is 60.2 Å². The van der Waals surface area contributed by atoms with Gasteiger partial charge in [-0.2, -0.15) is 0 Å². The fraction of sp³-hybridized carbons (Fsp3) is 0.583. The van der Waals surface area contributed by atoms with Crippen LogP contribution in [0.15, 0.2) is 12.3 Å². The normalized spacial score (nSPS) is 17.0. The van der Waals surface area contributed by atoms with Crippen molar-refractivity contribution in [3.63, 3.8) is 0 Å². The lowest BCUT2D eigenvalue weighted by molar-refractivity contribution is 0.245. The number of anilines is 1. The predicted octanol–water partition coefficient (Wildman–Crippen LogP) is 2.09. The van der Waals surface area contributed by atoms with Crippen LogP contribution in [0.1, 0.15) is 19.3 Å². The molecule has 17 heavy (non-hydrogen) atoms. The third kappa shape index (κ3) is 3.75. The van der Waals surface area contributed by atoms with Crippen LogP contribution >= 0.6 is 11.6 Å². The Balaban J connectivity index is 1.77. The van der Waals surface area contributed by atoms with Crippen molar-refractivity contribution in [3.8, 4) is 5.88 Å². The molecule has 0 amide bonds. The fourth-order valence-corrected chi connectivity index (χ4v) is 2.27. The number of piperidine rings is 1. The van der Waals surface area contributed by atoms with Crippen LogP contribution in [0.5, 0.6) is 5.88 Å². The number of hydrogen-bond acceptors (Lipinski definition) is 4. The second kappa shape index (κ2) is 6.07. The maximum atomic E-state index is 5.97. The van der Waals surface area contributed by atoms with Gasteiger partial charge in [-0.3, -0.25) is 0 Å². The zero-order chi connectivity index (χ0) is 12.1. The highest BCUT2D eigenvalue weighted by molar-refractivity contribution is 6.32. The summed E-state index contributed by atoms with van der Waals surface area (Å²) >= 11 is 5.97. The second-order valence-electron chi connectivity index (χ2n) is 4.39. The minimum Gasteiger partial charge on any atom is -0.477 e. The largest absolute Gasteiger partial charge is 0.477 e. The SMILES string of the molecule is Nc1cnc(OCCC2CCNCC2)c(Cl)c1. The molecule has 1 fully saturated rings. The smallest absolute Gasteiger partial charge is 0.232 e. The van der Waals surface area contributed by atoms with Crippen molar-refractivity contribution in [2.45, 2.75) is 19.3 Å². The molecule has 0 atom stereocenters. The Kier molecular flexibility index (Phi) is 4.45. The number of nitrogens with two attached hydrogens (primary N) is 1. The molecule has 0 aromatic carbocycles. The zero-order valence-electron chi connectivity index (χ0n) is 9.79. The van der Waals surface area contributed by atoms with Crippen LogP contribution in [0.4, 0.5) is 5.69 Å². The van der Waals surface area contributed by atoms with Crippen LogP contribution in [0.3, 0.4) is 0 Å². The van der Waals surface area contributed by atoms with Gasteiger partial charge in [-0.05, 0) is 44.3 Å². The number of ether oxygens (including phenoxy) is 1. The van der Waals surface area contributed by atoms with Crippen molar-refractivity contribution in [2.75, 3.05) is 25.4 Å². The van der Waals surface area contributed by atoms with E-state index >= 15 is 0 Å². The molecule has 0 unspecified atom stereocenters.